The van der Waals surface area contributed by atoms with Crippen molar-refractivity contribution in [1.29, 1.82) is 0 Å². The number of hydrogen-bond donors (Lipinski definition) is 2. The highest BCUT2D eigenvalue weighted by atomic mass is 19.1. The number of carbonyl (C=O) groups is 1. The van der Waals surface area contributed by atoms with Crippen LogP contribution in [0.25, 0.3) is 0 Å². The van der Waals surface area contributed by atoms with Crippen LogP contribution in [0, 0.1) is 24.1 Å². The number of aliphatic hydroxyl groups excluding tert-OH is 1. The summed E-state index contributed by atoms with van der Waals surface area (Å²) >= 11 is 0. The van der Waals surface area contributed by atoms with E-state index in [2.05, 4.69) is 5.32 Å². The Hall–Kier alpha value is -1.42. The number of aliphatic hydroxyl groups is 1. The van der Waals surface area contributed by atoms with E-state index in [1.165, 1.54) is 6.07 Å². The second-order valence-electron chi connectivity index (χ2n) is 5.98. The van der Waals surface area contributed by atoms with Gasteiger partial charge in [0.25, 0.3) is 0 Å². The van der Waals surface area contributed by atoms with Gasteiger partial charge in [0.2, 0.25) is 5.91 Å². The van der Waals surface area contributed by atoms with Gasteiger partial charge < -0.3 is 10.4 Å². The Bertz CT molecular complexity index is 537. The van der Waals surface area contributed by atoms with Crippen molar-refractivity contribution in [2.75, 3.05) is 0 Å². The summed E-state index contributed by atoms with van der Waals surface area (Å²) in [5.74, 6) is 0.281. The van der Waals surface area contributed by atoms with Gasteiger partial charge in [0, 0.05) is 0 Å². The van der Waals surface area contributed by atoms with Gasteiger partial charge in [0.15, 0.2) is 0 Å². The Labute approximate surface area is 111 Å². The molecule has 2 aliphatic carbocycles. The second kappa shape index (κ2) is 4.04. The average molecular weight is 263 g/mol. The summed E-state index contributed by atoms with van der Waals surface area (Å²) < 4.78 is 13.5. The molecule has 1 amide bonds. The number of aryl methyl sites for hydroxylation is 1. The van der Waals surface area contributed by atoms with Gasteiger partial charge in [-0.2, -0.15) is 0 Å². The highest BCUT2D eigenvalue weighted by Crippen LogP contribution is 2.75. The van der Waals surface area contributed by atoms with Crippen LogP contribution in [0.4, 0.5) is 4.39 Å². The Kier molecular flexibility index (Phi) is 2.68. The second-order valence-corrected chi connectivity index (χ2v) is 5.98. The zero-order valence-electron chi connectivity index (χ0n) is 11.1. The van der Waals surface area contributed by atoms with Gasteiger partial charge >= 0.3 is 0 Å². The number of hydrogen-bond acceptors (Lipinski definition) is 2. The number of fused-ring (bicyclic) bond motifs is 1. The van der Waals surface area contributed by atoms with Crippen molar-refractivity contribution >= 4 is 5.91 Å². The zero-order valence-corrected chi connectivity index (χ0v) is 11.1. The quantitative estimate of drug-likeness (QED) is 0.873. The molecule has 0 aromatic heterocycles. The van der Waals surface area contributed by atoms with E-state index in [-0.39, 0.29) is 17.1 Å². The van der Waals surface area contributed by atoms with Crippen LogP contribution in [-0.4, -0.2) is 17.1 Å². The standard InChI is InChI=1S/C15H18FNO2/c1-8-3-4-10(5-12(8)16)13(18)9(2)17-14(19)15-6-11(15)7-15/h3-5,9,11,13,18H,6-7H2,1-2H3,(H,17,19). The molecule has 0 bridgehead atoms. The Morgan fingerprint density at radius 2 is 2.16 bits per heavy atom. The van der Waals surface area contributed by atoms with Gasteiger partial charge in [0.1, 0.15) is 5.82 Å². The van der Waals surface area contributed by atoms with Gasteiger partial charge in [-0.3, -0.25) is 4.79 Å². The Morgan fingerprint density at radius 3 is 2.68 bits per heavy atom. The van der Waals surface area contributed by atoms with E-state index >= 15 is 0 Å². The Morgan fingerprint density at radius 1 is 1.53 bits per heavy atom. The first kappa shape index (κ1) is 12.6. The molecule has 2 fully saturated rings. The molecule has 4 heteroatoms. The highest BCUT2D eigenvalue weighted by Gasteiger charge is 2.74. The number of benzene rings is 1. The minimum atomic E-state index is -0.883. The van der Waals surface area contributed by atoms with E-state index < -0.39 is 12.1 Å². The molecule has 19 heavy (non-hydrogen) atoms. The summed E-state index contributed by atoms with van der Waals surface area (Å²) in [6.45, 7) is 3.42. The SMILES string of the molecule is Cc1ccc(C(O)C(C)NC(=O)C23CC2C3)cc1F. The van der Waals surface area contributed by atoms with Crippen molar-refractivity contribution in [3.8, 4) is 0 Å². The first-order valence-electron chi connectivity index (χ1n) is 6.69. The van der Waals surface area contributed by atoms with Crippen LogP contribution >= 0.6 is 0 Å². The van der Waals surface area contributed by atoms with E-state index in [0.29, 0.717) is 17.0 Å². The average Bonchev–Trinajstić information content (AvgIpc) is 3.20. The number of carbonyl (C=O) groups excluding carboxylic acids is 1. The molecule has 3 rings (SSSR count). The lowest BCUT2D eigenvalue weighted by Gasteiger charge is -2.21. The molecule has 2 unspecified atom stereocenters. The van der Waals surface area contributed by atoms with Crippen molar-refractivity contribution in [3.63, 3.8) is 0 Å². The van der Waals surface area contributed by atoms with E-state index in [1.807, 2.05) is 0 Å². The third-order valence-electron chi connectivity index (χ3n) is 4.50. The number of rotatable bonds is 4. The highest BCUT2D eigenvalue weighted by molar-refractivity contribution is 5.90. The number of amides is 1. The van der Waals surface area contributed by atoms with E-state index in [9.17, 15) is 14.3 Å². The molecule has 0 heterocycles. The summed E-state index contributed by atoms with van der Waals surface area (Å²) in [5, 5.41) is 13.0. The monoisotopic (exact) mass is 263 g/mol. The lowest BCUT2D eigenvalue weighted by molar-refractivity contribution is -0.125. The van der Waals surface area contributed by atoms with Crippen LogP contribution in [0.5, 0.6) is 0 Å². The molecule has 2 aliphatic rings. The summed E-state index contributed by atoms with van der Waals surface area (Å²) in [5.41, 5.74) is 0.939. The fourth-order valence-electron chi connectivity index (χ4n) is 2.58. The smallest absolute Gasteiger partial charge is 0.226 e. The van der Waals surface area contributed by atoms with Gasteiger partial charge in [0.05, 0.1) is 17.6 Å². The first-order valence-corrected chi connectivity index (χ1v) is 6.69. The molecule has 3 nitrogen and oxygen atoms in total. The molecular weight excluding hydrogens is 245 g/mol. The van der Waals surface area contributed by atoms with Crippen molar-refractivity contribution in [3.05, 3.63) is 35.1 Å². The van der Waals surface area contributed by atoms with E-state index in [0.717, 1.165) is 12.8 Å². The fraction of sp³-hybridized carbons (Fsp3) is 0.533. The molecule has 2 saturated carbocycles. The third-order valence-corrected chi connectivity index (χ3v) is 4.50. The zero-order chi connectivity index (χ0) is 13.8. The van der Waals surface area contributed by atoms with Gasteiger partial charge in [-0.05, 0) is 49.8 Å². The summed E-state index contributed by atoms with van der Waals surface area (Å²) in [6.07, 6.45) is 1.09. The van der Waals surface area contributed by atoms with Gasteiger partial charge in [-0.15, -0.1) is 0 Å². The van der Waals surface area contributed by atoms with Crippen molar-refractivity contribution in [2.45, 2.75) is 38.8 Å². The maximum Gasteiger partial charge on any atom is 0.226 e. The summed E-state index contributed by atoms with van der Waals surface area (Å²) in [6, 6.07) is 4.25. The molecule has 1 aromatic rings. The van der Waals surface area contributed by atoms with Gasteiger partial charge in [-0.1, -0.05) is 12.1 Å². The normalized spacial score (nSPS) is 30.2. The van der Waals surface area contributed by atoms with Crippen molar-refractivity contribution < 1.29 is 14.3 Å². The van der Waals surface area contributed by atoms with Crippen molar-refractivity contribution in [2.24, 2.45) is 11.3 Å². The number of halogens is 1. The predicted molar refractivity (Wildman–Crippen MR) is 68.9 cm³/mol. The van der Waals surface area contributed by atoms with Crippen LogP contribution in [0.3, 0.4) is 0 Å². The predicted octanol–water partition coefficient (Wildman–Crippen LogP) is 2.08. The maximum absolute atomic E-state index is 13.5. The number of nitrogens with one attached hydrogen (secondary N) is 1. The lowest BCUT2D eigenvalue weighted by atomic mass is 10.0. The van der Waals surface area contributed by atoms with Crippen LogP contribution in [0.15, 0.2) is 18.2 Å². The Balaban J connectivity index is 1.66. The molecule has 0 radical (unpaired) electrons. The van der Waals surface area contributed by atoms with Crippen LogP contribution in [0.2, 0.25) is 0 Å². The minimum Gasteiger partial charge on any atom is -0.386 e. The fourth-order valence-corrected chi connectivity index (χ4v) is 2.58. The van der Waals surface area contributed by atoms with Crippen LogP contribution < -0.4 is 5.32 Å². The summed E-state index contributed by atoms with van der Waals surface area (Å²) in [7, 11) is 0. The maximum atomic E-state index is 13.5. The van der Waals surface area contributed by atoms with Gasteiger partial charge in [-0.25, -0.2) is 4.39 Å². The molecule has 0 spiro atoms. The first-order chi connectivity index (χ1) is 8.94. The lowest BCUT2D eigenvalue weighted by Crippen LogP contribution is -2.39. The van der Waals surface area contributed by atoms with E-state index in [1.54, 1.807) is 26.0 Å². The molecule has 2 N–H and O–H groups in total. The largest absolute Gasteiger partial charge is 0.386 e. The molecule has 0 saturated heterocycles. The molecule has 1 aromatic carbocycles. The third kappa shape index (κ3) is 2.04. The molecule has 0 aliphatic heterocycles. The topological polar surface area (TPSA) is 49.3 Å². The minimum absolute atomic E-state index is 0.0385. The van der Waals surface area contributed by atoms with Crippen molar-refractivity contribution in [1.82, 2.24) is 5.32 Å². The summed E-state index contributed by atoms with van der Waals surface area (Å²) in [4.78, 5) is 11.9. The van der Waals surface area contributed by atoms with Crippen LogP contribution in [-0.2, 0) is 4.79 Å². The molecule has 102 valence electrons. The van der Waals surface area contributed by atoms with E-state index in [4.69, 9.17) is 0 Å². The molecular formula is C15H18FNO2. The molecule has 2 atom stereocenters. The van der Waals surface area contributed by atoms with Crippen LogP contribution in [0.1, 0.15) is 37.0 Å².